The second kappa shape index (κ2) is 3.64. The molecular formula is C9H9Cl3O. The molecule has 1 rings (SSSR count). The van der Waals surface area contributed by atoms with E-state index in [0.29, 0.717) is 6.42 Å². The van der Waals surface area contributed by atoms with E-state index in [-0.39, 0.29) is 5.78 Å². The molecule has 0 saturated heterocycles. The van der Waals surface area contributed by atoms with Crippen LogP contribution in [-0.4, -0.2) is 9.58 Å². The van der Waals surface area contributed by atoms with E-state index in [0.717, 1.165) is 0 Å². The molecule has 0 saturated carbocycles. The summed E-state index contributed by atoms with van der Waals surface area (Å²) in [6.45, 7) is 1.91. The SMILES string of the molecule is CCC1(C(Cl)(Cl)Cl)C=CC(=O)C=C1. The third-order valence-corrected chi connectivity index (χ3v) is 3.26. The Balaban J connectivity index is 3.04. The van der Waals surface area contributed by atoms with Crippen LogP contribution < -0.4 is 0 Å². The highest BCUT2D eigenvalue weighted by molar-refractivity contribution is 6.68. The lowest BCUT2D eigenvalue weighted by molar-refractivity contribution is -0.110. The molecule has 0 aromatic rings. The van der Waals surface area contributed by atoms with Gasteiger partial charge in [0.1, 0.15) is 0 Å². The Morgan fingerprint density at radius 2 is 1.77 bits per heavy atom. The lowest BCUT2D eigenvalue weighted by Crippen LogP contribution is -2.32. The number of alkyl halides is 3. The van der Waals surface area contributed by atoms with Crippen molar-refractivity contribution >= 4 is 40.6 Å². The number of carbonyl (C=O) groups excluding carboxylic acids is 1. The minimum Gasteiger partial charge on any atom is -0.290 e. The summed E-state index contributed by atoms with van der Waals surface area (Å²) in [4.78, 5) is 10.9. The molecule has 0 aliphatic heterocycles. The minimum absolute atomic E-state index is 0.0710. The monoisotopic (exact) mass is 238 g/mol. The standard InChI is InChI=1S/C9H9Cl3O/c1-2-8(9(10,11)12)5-3-7(13)4-6-8/h3-6H,2H2,1H3. The van der Waals surface area contributed by atoms with Crippen LogP contribution in [0.25, 0.3) is 0 Å². The fourth-order valence-electron chi connectivity index (χ4n) is 1.20. The first-order valence-electron chi connectivity index (χ1n) is 3.90. The number of allylic oxidation sites excluding steroid dienone is 4. The van der Waals surface area contributed by atoms with E-state index in [1.54, 1.807) is 12.2 Å². The second-order valence-electron chi connectivity index (χ2n) is 2.96. The number of halogens is 3. The van der Waals surface area contributed by atoms with Gasteiger partial charge in [-0.25, -0.2) is 0 Å². The minimum atomic E-state index is -1.41. The van der Waals surface area contributed by atoms with E-state index in [1.165, 1.54) is 12.2 Å². The van der Waals surface area contributed by atoms with E-state index < -0.39 is 9.21 Å². The number of hydrogen-bond donors (Lipinski definition) is 0. The zero-order chi connectivity index (χ0) is 10.1. The maximum atomic E-state index is 10.9. The molecule has 0 fully saturated rings. The Labute approximate surface area is 92.3 Å². The molecule has 13 heavy (non-hydrogen) atoms. The van der Waals surface area contributed by atoms with Gasteiger partial charge in [0.2, 0.25) is 3.79 Å². The summed E-state index contributed by atoms with van der Waals surface area (Å²) in [7, 11) is 0. The molecule has 0 N–H and O–H groups in total. The normalized spacial score (nSPS) is 20.8. The number of ketones is 1. The first kappa shape index (κ1) is 11.1. The zero-order valence-corrected chi connectivity index (χ0v) is 9.33. The van der Waals surface area contributed by atoms with Crippen LogP contribution >= 0.6 is 34.8 Å². The van der Waals surface area contributed by atoms with Gasteiger partial charge in [0.15, 0.2) is 5.78 Å². The lowest BCUT2D eigenvalue weighted by Gasteiger charge is -2.34. The van der Waals surface area contributed by atoms with Gasteiger partial charge in [-0.3, -0.25) is 4.79 Å². The summed E-state index contributed by atoms with van der Waals surface area (Å²) < 4.78 is -1.41. The number of hydrogen-bond acceptors (Lipinski definition) is 1. The van der Waals surface area contributed by atoms with Gasteiger partial charge in [-0.05, 0) is 18.6 Å². The van der Waals surface area contributed by atoms with Crippen LogP contribution in [0.1, 0.15) is 13.3 Å². The first-order valence-corrected chi connectivity index (χ1v) is 5.04. The van der Waals surface area contributed by atoms with Gasteiger partial charge in [0.05, 0.1) is 5.41 Å². The van der Waals surface area contributed by atoms with Crippen LogP contribution in [0.3, 0.4) is 0 Å². The van der Waals surface area contributed by atoms with Gasteiger partial charge < -0.3 is 0 Å². The Hall–Kier alpha value is 0.0200. The summed E-state index contributed by atoms with van der Waals surface area (Å²) in [6.07, 6.45) is 6.82. The number of rotatable bonds is 1. The number of carbonyl (C=O) groups is 1. The predicted molar refractivity (Wildman–Crippen MR) is 56.3 cm³/mol. The molecule has 0 unspecified atom stereocenters. The van der Waals surface area contributed by atoms with Crippen molar-refractivity contribution in [3.05, 3.63) is 24.3 Å². The molecule has 1 aliphatic rings. The molecule has 72 valence electrons. The average molecular weight is 240 g/mol. The van der Waals surface area contributed by atoms with Gasteiger partial charge in [-0.2, -0.15) is 0 Å². The second-order valence-corrected chi connectivity index (χ2v) is 5.24. The largest absolute Gasteiger partial charge is 0.290 e. The van der Waals surface area contributed by atoms with E-state index in [1.807, 2.05) is 6.92 Å². The molecule has 0 atom stereocenters. The highest BCUT2D eigenvalue weighted by Gasteiger charge is 2.44. The third kappa shape index (κ3) is 2.09. The Morgan fingerprint density at radius 3 is 2.08 bits per heavy atom. The summed E-state index contributed by atoms with van der Waals surface area (Å²) in [6, 6.07) is 0. The summed E-state index contributed by atoms with van der Waals surface area (Å²) in [5, 5.41) is 0. The summed E-state index contributed by atoms with van der Waals surface area (Å²) >= 11 is 17.5. The highest BCUT2D eigenvalue weighted by atomic mass is 35.6. The van der Waals surface area contributed by atoms with Crippen molar-refractivity contribution in [2.24, 2.45) is 5.41 Å². The van der Waals surface area contributed by atoms with Gasteiger partial charge in [0, 0.05) is 0 Å². The Morgan fingerprint density at radius 1 is 1.31 bits per heavy atom. The lowest BCUT2D eigenvalue weighted by atomic mass is 9.83. The van der Waals surface area contributed by atoms with Crippen molar-refractivity contribution < 1.29 is 4.79 Å². The molecule has 1 nitrogen and oxygen atoms in total. The van der Waals surface area contributed by atoms with Gasteiger partial charge in [-0.1, -0.05) is 53.9 Å². The molecule has 0 aromatic carbocycles. The van der Waals surface area contributed by atoms with Crippen LogP contribution in [0.15, 0.2) is 24.3 Å². The van der Waals surface area contributed by atoms with Crippen molar-refractivity contribution in [2.75, 3.05) is 0 Å². The first-order chi connectivity index (χ1) is 5.91. The van der Waals surface area contributed by atoms with Crippen LogP contribution in [0.4, 0.5) is 0 Å². The van der Waals surface area contributed by atoms with Crippen LogP contribution in [-0.2, 0) is 4.79 Å². The fraction of sp³-hybridized carbons (Fsp3) is 0.444. The van der Waals surface area contributed by atoms with E-state index >= 15 is 0 Å². The molecule has 0 spiro atoms. The molecule has 0 radical (unpaired) electrons. The average Bonchev–Trinajstić information content (AvgIpc) is 2.04. The fourth-order valence-corrected chi connectivity index (χ4v) is 1.98. The molecular weight excluding hydrogens is 230 g/mol. The van der Waals surface area contributed by atoms with Crippen LogP contribution in [0, 0.1) is 5.41 Å². The quantitative estimate of drug-likeness (QED) is 0.641. The van der Waals surface area contributed by atoms with Crippen molar-refractivity contribution in [1.82, 2.24) is 0 Å². The van der Waals surface area contributed by atoms with E-state index in [4.69, 9.17) is 34.8 Å². The molecule has 0 amide bonds. The highest BCUT2D eigenvalue weighted by Crippen LogP contribution is 2.50. The zero-order valence-electron chi connectivity index (χ0n) is 7.06. The topological polar surface area (TPSA) is 17.1 Å². The maximum absolute atomic E-state index is 10.9. The maximum Gasteiger partial charge on any atom is 0.202 e. The molecule has 0 aromatic heterocycles. The van der Waals surface area contributed by atoms with Gasteiger partial charge in [-0.15, -0.1) is 0 Å². The van der Waals surface area contributed by atoms with Crippen molar-refractivity contribution in [3.8, 4) is 0 Å². The van der Waals surface area contributed by atoms with Crippen molar-refractivity contribution in [1.29, 1.82) is 0 Å². The van der Waals surface area contributed by atoms with Crippen LogP contribution in [0.2, 0.25) is 0 Å². The van der Waals surface area contributed by atoms with E-state index in [2.05, 4.69) is 0 Å². The summed E-state index contributed by atoms with van der Waals surface area (Å²) in [5.74, 6) is -0.0710. The third-order valence-electron chi connectivity index (χ3n) is 2.20. The van der Waals surface area contributed by atoms with Crippen LogP contribution in [0.5, 0.6) is 0 Å². The van der Waals surface area contributed by atoms with E-state index in [9.17, 15) is 4.79 Å². The Bertz CT molecular complexity index is 257. The summed E-state index contributed by atoms with van der Waals surface area (Å²) in [5.41, 5.74) is -0.647. The smallest absolute Gasteiger partial charge is 0.202 e. The van der Waals surface area contributed by atoms with Crippen molar-refractivity contribution in [2.45, 2.75) is 17.1 Å². The van der Waals surface area contributed by atoms with Crippen molar-refractivity contribution in [3.63, 3.8) is 0 Å². The van der Waals surface area contributed by atoms with Gasteiger partial charge >= 0.3 is 0 Å². The molecule has 0 heterocycles. The predicted octanol–water partition coefficient (Wildman–Crippen LogP) is 3.45. The molecule has 4 heteroatoms. The molecule has 1 aliphatic carbocycles. The van der Waals surface area contributed by atoms with Gasteiger partial charge in [0.25, 0.3) is 0 Å². The molecule has 0 bridgehead atoms. The Kier molecular flexibility index (Phi) is 3.11.